The highest BCUT2D eigenvalue weighted by Gasteiger charge is 2.44. The van der Waals surface area contributed by atoms with Gasteiger partial charge in [-0.25, -0.2) is 4.90 Å². The fraction of sp³-hybridized carbons (Fsp3) is 0.529. The molecule has 1 N–H and O–H groups in total. The minimum Gasteiger partial charge on any atom is -0.396 e. The molecule has 0 radical (unpaired) electrons. The van der Waals surface area contributed by atoms with Crippen molar-refractivity contribution in [3.8, 4) is 0 Å². The summed E-state index contributed by atoms with van der Waals surface area (Å²) in [6.45, 7) is 0.939. The maximum atomic E-state index is 12.8. The normalized spacial score (nSPS) is 26.1. The monoisotopic (exact) mass is 380 g/mol. The van der Waals surface area contributed by atoms with Gasteiger partial charge in [-0.15, -0.1) is 0 Å². The summed E-state index contributed by atoms with van der Waals surface area (Å²) in [5.74, 6) is -0.280. The van der Waals surface area contributed by atoms with Gasteiger partial charge in [0, 0.05) is 17.1 Å². The molecule has 0 bridgehead atoms. The smallest absolute Gasteiger partial charge is 0.251 e. The molecule has 3 rings (SSSR count). The molecule has 2 aliphatic rings. The van der Waals surface area contributed by atoms with Gasteiger partial charge in [-0.05, 0) is 50.1 Å². The van der Waals surface area contributed by atoms with Crippen LogP contribution in [-0.4, -0.2) is 47.1 Å². The number of aliphatic hydroxyl groups excluding tert-OH is 1. The third-order valence-corrected chi connectivity index (χ3v) is 5.27. The number of hydrogen-bond acceptors (Lipinski definition) is 4. The fourth-order valence-corrected chi connectivity index (χ4v) is 3.89. The predicted molar refractivity (Wildman–Crippen MR) is 91.1 cm³/mol. The molecule has 124 valence electrons. The highest BCUT2D eigenvalue weighted by atomic mass is 79.9. The van der Waals surface area contributed by atoms with Crippen LogP contribution in [0.2, 0.25) is 0 Å². The molecule has 6 heteroatoms. The van der Waals surface area contributed by atoms with Crippen molar-refractivity contribution in [2.75, 3.05) is 18.1 Å². The summed E-state index contributed by atoms with van der Waals surface area (Å²) in [6.07, 6.45) is 4.04. The summed E-state index contributed by atoms with van der Waals surface area (Å²) in [6, 6.07) is 7.04. The number of amides is 2. The van der Waals surface area contributed by atoms with Crippen LogP contribution in [-0.2, 0) is 9.59 Å². The van der Waals surface area contributed by atoms with E-state index in [1.165, 1.54) is 4.90 Å². The van der Waals surface area contributed by atoms with E-state index in [1.54, 1.807) is 12.1 Å². The molecule has 0 saturated carbocycles. The Morgan fingerprint density at radius 1 is 1.17 bits per heavy atom. The molecule has 2 heterocycles. The number of carbonyl (C=O) groups is 2. The van der Waals surface area contributed by atoms with Crippen LogP contribution < -0.4 is 4.90 Å². The van der Waals surface area contributed by atoms with Crippen molar-refractivity contribution in [3.63, 3.8) is 0 Å². The molecule has 0 aliphatic carbocycles. The van der Waals surface area contributed by atoms with E-state index in [0.717, 1.165) is 30.3 Å². The maximum Gasteiger partial charge on any atom is 0.251 e. The van der Waals surface area contributed by atoms with Crippen molar-refractivity contribution in [1.29, 1.82) is 0 Å². The van der Waals surface area contributed by atoms with Crippen LogP contribution in [0.1, 0.15) is 32.1 Å². The first kappa shape index (κ1) is 16.6. The average Bonchev–Trinajstić information content (AvgIpc) is 2.84. The number of nitrogens with zero attached hydrogens (tertiary/aromatic N) is 2. The summed E-state index contributed by atoms with van der Waals surface area (Å²) in [4.78, 5) is 28.7. The van der Waals surface area contributed by atoms with E-state index < -0.39 is 0 Å². The first-order valence-corrected chi connectivity index (χ1v) is 8.90. The Kier molecular flexibility index (Phi) is 5.14. The molecule has 1 aromatic carbocycles. The topological polar surface area (TPSA) is 60.9 Å². The van der Waals surface area contributed by atoms with Crippen LogP contribution in [0.5, 0.6) is 0 Å². The number of anilines is 1. The van der Waals surface area contributed by atoms with E-state index in [-0.39, 0.29) is 36.9 Å². The molecule has 2 aliphatic heterocycles. The quantitative estimate of drug-likeness (QED) is 0.814. The van der Waals surface area contributed by atoms with Gasteiger partial charge in [0.25, 0.3) is 5.91 Å². The average molecular weight is 381 g/mol. The second kappa shape index (κ2) is 7.11. The van der Waals surface area contributed by atoms with Crippen molar-refractivity contribution < 1.29 is 14.7 Å². The molecule has 0 aromatic heterocycles. The summed E-state index contributed by atoms with van der Waals surface area (Å²) in [5.41, 5.74) is 0.626. The lowest BCUT2D eigenvalue weighted by atomic mass is 9.97. The van der Waals surface area contributed by atoms with Crippen molar-refractivity contribution >= 4 is 33.4 Å². The minimum atomic E-state index is -0.386. The zero-order valence-electron chi connectivity index (χ0n) is 12.9. The van der Waals surface area contributed by atoms with Crippen LogP contribution >= 0.6 is 15.9 Å². The van der Waals surface area contributed by atoms with Gasteiger partial charge in [-0.3, -0.25) is 14.5 Å². The summed E-state index contributed by atoms with van der Waals surface area (Å²) in [5, 5.41) is 9.26. The van der Waals surface area contributed by atoms with Gasteiger partial charge < -0.3 is 5.11 Å². The molecule has 5 nitrogen and oxygen atoms in total. The van der Waals surface area contributed by atoms with E-state index >= 15 is 0 Å². The van der Waals surface area contributed by atoms with Crippen LogP contribution in [0.15, 0.2) is 28.7 Å². The molecule has 2 atom stereocenters. The minimum absolute atomic E-state index is 0.118. The SMILES string of the molecule is O=C1C[C@@H](N2CCCC[C@H]2CCO)C(=O)N1c1ccc(Br)cc1. The zero-order chi connectivity index (χ0) is 16.4. The first-order chi connectivity index (χ1) is 11.1. The van der Waals surface area contributed by atoms with E-state index in [1.807, 2.05) is 12.1 Å². The van der Waals surface area contributed by atoms with E-state index in [0.29, 0.717) is 12.1 Å². The number of likely N-dealkylation sites (tertiary alicyclic amines) is 1. The second-order valence-corrected chi connectivity index (χ2v) is 7.08. The second-order valence-electron chi connectivity index (χ2n) is 6.16. The Bertz CT molecular complexity index is 588. The molecule has 23 heavy (non-hydrogen) atoms. The largest absolute Gasteiger partial charge is 0.396 e. The van der Waals surface area contributed by atoms with Gasteiger partial charge in [0.05, 0.1) is 18.2 Å². The molecular weight excluding hydrogens is 360 g/mol. The lowest BCUT2D eigenvalue weighted by Crippen LogP contribution is -2.50. The third-order valence-electron chi connectivity index (χ3n) is 4.74. The summed E-state index contributed by atoms with van der Waals surface area (Å²) >= 11 is 3.36. The summed E-state index contributed by atoms with van der Waals surface area (Å²) in [7, 11) is 0. The number of hydrogen-bond donors (Lipinski definition) is 1. The Labute approximate surface area is 144 Å². The Morgan fingerprint density at radius 2 is 1.91 bits per heavy atom. The lowest BCUT2D eigenvalue weighted by molar-refractivity contribution is -0.123. The molecule has 1 aromatic rings. The number of imide groups is 1. The third kappa shape index (κ3) is 3.34. The van der Waals surface area contributed by atoms with Crippen LogP contribution in [0, 0.1) is 0 Å². The number of rotatable bonds is 4. The molecule has 0 unspecified atom stereocenters. The number of halogens is 1. The van der Waals surface area contributed by atoms with Crippen LogP contribution in [0.25, 0.3) is 0 Å². The standard InChI is InChI=1S/C17H21BrN2O3/c18-12-4-6-14(7-5-12)20-16(22)11-15(17(20)23)19-9-2-1-3-13(19)8-10-21/h4-7,13,15,21H,1-3,8-11H2/t13-,15+/m0/s1. The Balaban J connectivity index is 1.81. The van der Waals surface area contributed by atoms with Gasteiger partial charge in [-0.1, -0.05) is 22.4 Å². The summed E-state index contributed by atoms with van der Waals surface area (Å²) < 4.78 is 0.913. The molecule has 2 amide bonds. The highest BCUT2D eigenvalue weighted by molar-refractivity contribution is 9.10. The first-order valence-electron chi connectivity index (χ1n) is 8.11. The predicted octanol–water partition coefficient (Wildman–Crippen LogP) is 2.32. The van der Waals surface area contributed by atoms with Gasteiger partial charge in [0.15, 0.2) is 0 Å². The van der Waals surface area contributed by atoms with Crippen LogP contribution in [0.4, 0.5) is 5.69 Å². The number of carbonyl (C=O) groups excluding carboxylic acids is 2. The Hall–Kier alpha value is -1.24. The molecular formula is C17H21BrN2O3. The van der Waals surface area contributed by atoms with E-state index in [9.17, 15) is 14.7 Å². The molecule has 0 spiro atoms. The fourth-order valence-electron chi connectivity index (χ4n) is 3.63. The van der Waals surface area contributed by atoms with Gasteiger partial charge >= 0.3 is 0 Å². The van der Waals surface area contributed by atoms with Crippen LogP contribution in [0.3, 0.4) is 0 Å². The highest BCUT2D eigenvalue weighted by Crippen LogP contribution is 2.31. The maximum absolute atomic E-state index is 12.8. The van der Waals surface area contributed by atoms with Crippen molar-refractivity contribution in [3.05, 3.63) is 28.7 Å². The van der Waals surface area contributed by atoms with Crippen molar-refractivity contribution in [2.45, 2.75) is 44.2 Å². The number of piperidine rings is 1. The van der Waals surface area contributed by atoms with Crippen molar-refractivity contribution in [2.24, 2.45) is 0 Å². The number of benzene rings is 1. The zero-order valence-corrected chi connectivity index (χ0v) is 14.5. The van der Waals surface area contributed by atoms with E-state index in [4.69, 9.17) is 0 Å². The van der Waals surface area contributed by atoms with Gasteiger partial charge in [-0.2, -0.15) is 0 Å². The molecule has 2 fully saturated rings. The van der Waals surface area contributed by atoms with Gasteiger partial charge in [0.2, 0.25) is 5.91 Å². The van der Waals surface area contributed by atoms with Crippen molar-refractivity contribution in [1.82, 2.24) is 4.90 Å². The molecule has 2 saturated heterocycles. The van der Waals surface area contributed by atoms with E-state index in [2.05, 4.69) is 20.8 Å². The number of aliphatic hydroxyl groups is 1. The van der Waals surface area contributed by atoms with Gasteiger partial charge in [0.1, 0.15) is 0 Å². The lowest BCUT2D eigenvalue weighted by Gasteiger charge is -2.38. The Morgan fingerprint density at radius 3 is 2.61 bits per heavy atom.